The molecule has 0 saturated carbocycles. The fourth-order valence-corrected chi connectivity index (χ4v) is 7.41. The van der Waals surface area contributed by atoms with E-state index in [1.54, 1.807) is 0 Å². The van der Waals surface area contributed by atoms with E-state index in [2.05, 4.69) is 5.92 Å². The molecule has 68 valence electrons. The second-order valence-electron chi connectivity index (χ2n) is 2.97. The van der Waals surface area contributed by atoms with Crippen LogP contribution in [0, 0.1) is 17.8 Å². The summed E-state index contributed by atoms with van der Waals surface area (Å²) in [6.07, 6.45) is 5.35. The van der Waals surface area contributed by atoms with Crippen molar-refractivity contribution in [2.45, 2.75) is 19.1 Å². The largest absolute Gasteiger partial charge is 0.254 e. The molecule has 5 heteroatoms. The van der Waals surface area contributed by atoms with Crippen LogP contribution in [0.5, 0.6) is 0 Å². The molecular weight excluding hydrogens is 212 g/mol. The fourth-order valence-electron chi connectivity index (χ4n) is 0.782. The summed E-state index contributed by atoms with van der Waals surface area (Å²) in [5.74, 6) is 3.16. The summed E-state index contributed by atoms with van der Waals surface area (Å²) in [6.45, 7) is 3.79. The van der Waals surface area contributed by atoms with Crippen molar-refractivity contribution in [2.24, 2.45) is 5.41 Å². The molecule has 0 aromatic rings. The minimum atomic E-state index is -2.98. The highest BCUT2D eigenvalue weighted by Crippen LogP contribution is 2.46. The fraction of sp³-hybridized carbons (Fsp3) is 0.714. The van der Waals surface area contributed by atoms with Crippen molar-refractivity contribution in [3.8, 4) is 12.3 Å². The Labute approximate surface area is 80.6 Å². The van der Waals surface area contributed by atoms with Crippen LogP contribution in [-0.2, 0) is 7.90 Å². The SMILES string of the molecule is C#CC1(C)CSS(=O)(=O)SC1C. The summed E-state index contributed by atoms with van der Waals surface area (Å²) in [4.78, 5) is 0. The zero-order valence-electron chi connectivity index (χ0n) is 6.90. The predicted octanol–water partition coefficient (Wildman–Crippen LogP) is 1.74. The Morgan fingerprint density at radius 3 is 2.67 bits per heavy atom. The van der Waals surface area contributed by atoms with Crippen LogP contribution in [0.15, 0.2) is 0 Å². The lowest BCUT2D eigenvalue weighted by molar-refractivity contribution is 0.510. The van der Waals surface area contributed by atoms with Crippen molar-refractivity contribution in [1.82, 2.24) is 0 Å². The minimum absolute atomic E-state index is 0.0197. The molecule has 0 spiro atoms. The lowest BCUT2D eigenvalue weighted by Gasteiger charge is -2.32. The Morgan fingerprint density at radius 2 is 2.25 bits per heavy atom. The topological polar surface area (TPSA) is 34.1 Å². The normalized spacial score (nSPS) is 40.2. The van der Waals surface area contributed by atoms with Gasteiger partial charge >= 0.3 is 0 Å². The van der Waals surface area contributed by atoms with Crippen LogP contribution in [0.3, 0.4) is 0 Å². The van der Waals surface area contributed by atoms with E-state index in [0.717, 1.165) is 21.6 Å². The molecule has 0 aromatic carbocycles. The lowest BCUT2D eigenvalue weighted by atomic mass is 9.91. The van der Waals surface area contributed by atoms with E-state index in [0.29, 0.717) is 5.75 Å². The highest BCUT2D eigenvalue weighted by Gasteiger charge is 2.39. The van der Waals surface area contributed by atoms with Crippen molar-refractivity contribution in [3.63, 3.8) is 0 Å². The van der Waals surface area contributed by atoms with Gasteiger partial charge in [-0.05, 0) is 28.5 Å². The minimum Gasteiger partial charge on any atom is -0.206 e. The third kappa shape index (κ3) is 1.93. The molecule has 0 N–H and O–H groups in total. The summed E-state index contributed by atoms with van der Waals surface area (Å²) in [6, 6.07) is 0. The van der Waals surface area contributed by atoms with Crippen LogP contribution in [0.1, 0.15) is 13.8 Å². The first-order valence-corrected chi connectivity index (χ1v) is 7.83. The van der Waals surface area contributed by atoms with Gasteiger partial charge in [-0.25, -0.2) is 8.42 Å². The molecule has 1 aliphatic rings. The molecule has 2 unspecified atom stereocenters. The molecule has 1 aliphatic heterocycles. The first kappa shape index (κ1) is 10.3. The zero-order chi connectivity index (χ0) is 9.41. The smallest absolute Gasteiger partial charge is 0.206 e. The summed E-state index contributed by atoms with van der Waals surface area (Å²) >= 11 is 0. The quantitative estimate of drug-likeness (QED) is 0.462. The van der Waals surface area contributed by atoms with Gasteiger partial charge in [0.1, 0.15) is 0 Å². The van der Waals surface area contributed by atoms with Crippen molar-refractivity contribution in [2.75, 3.05) is 5.75 Å². The van der Waals surface area contributed by atoms with Crippen LogP contribution in [0.25, 0.3) is 0 Å². The second-order valence-corrected chi connectivity index (χ2v) is 9.76. The van der Waals surface area contributed by atoms with Crippen LogP contribution < -0.4 is 0 Å². The van der Waals surface area contributed by atoms with Crippen LogP contribution in [0.2, 0.25) is 0 Å². The third-order valence-corrected chi connectivity index (χ3v) is 8.41. The highest BCUT2D eigenvalue weighted by atomic mass is 33.5. The maximum Gasteiger partial charge on any atom is 0.254 e. The van der Waals surface area contributed by atoms with Gasteiger partial charge in [-0.2, -0.15) is 0 Å². The average molecular weight is 222 g/mol. The van der Waals surface area contributed by atoms with Crippen molar-refractivity contribution in [3.05, 3.63) is 0 Å². The molecule has 0 amide bonds. The van der Waals surface area contributed by atoms with Crippen LogP contribution in [-0.4, -0.2) is 19.4 Å². The van der Waals surface area contributed by atoms with Crippen molar-refractivity contribution < 1.29 is 8.42 Å². The zero-order valence-corrected chi connectivity index (χ0v) is 9.35. The van der Waals surface area contributed by atoms with E-state index >= 15 is 0 Å². The van der Waals surface area contributed by atoms with Gasteiger partial charge in [-0.15, -0.1) is 6.42 Å². The van der Waals surface area contributed by atoms with E-state index in [-0.39, 0.29) is 10.7 Å². The van der Waals surface area contributed by atoms with E-state index in [1.807, 2.05) is 13.8 Å². The molecule has 0 radical (unpaired) electrons. The van der Waals surface area contributed by atoms with Crippen molar-refractivity contribution >= 4 is 29.5 Å². The van der Waals surface area contributed by atoms with Gasteiger partial charge in [-0.3, -0.25) is 0 Å². The molecular formula is C7H10O2S3. The second kappa shape index (κ2) is 3.17. The highest BCUT2D eigenvalue weighted by molar-refractivity contribution is 9.05. The molecule has 2 atom stereocenters. The standard InChI is InChI=1S/C7H10O2S3/c1-4-7(3)5-10-12(8,9)11-6(7)2/h1,6H,5H2,2-3H3. The maximum absolute atomic E-state index is 11.1. The Morgan fingerprint density at radius 1 is 1.67 bits per heavy atom. The average Bonchev–Trinajstić information content (AvgIpc) is 1.97. The molecule has 0 aliphatic carbocycles. The Balaban J connectivity index is 2.88. The summed E-state index contributed by atoms with van der Waals surface area (Å²) in [7, 11) is -1.06. The number of hydrogen-bond acceptors (Lipinski definition) is 4. The summed E-state index contributed by atoms with van der Waals surface area (Å²) in [5.41, 5.74) is -0.291. The van der Waals surface area contributed by atoms with Crippen LogP contribution >= 0.6 is 21.6 Å². The van der Waals surface area contributed by atoms with Gasteiger partial charge in [0.15, 0.2) is 0 Å². The van der Waals surface area contributed by atoms with E-state index in [9.17, 15) is 8.42 Å². The molecule has 1 heterocycles. The molecule has 1 fully saturated rings. The Bertz CT molecular complexity index is 314. The van der Waals surface area contributed by atoms with E-state index < -0.39 is 7.90 Å². The molecule has 1 saturated heterocycles. The van der Waals surface area contributed by atoms with Gasteiger partial charge in [-0.1, -0.05) is 12.8 Å². The monoisotopic (exact) mass is 222 g/mol. The molecule has 1 rings (SSSR count). The summed E-state index contributed by atoms with van der Waals surface area (Å²) in [5, 5.41) is -0.0197. The van der Waals surface area contributed by atoms with Gasteiger partial charge in [0, 0.05) is 11.0 Å². The molecule has 12 heavy (non-hydrogen) atoms. The van der Waals surface area contributed by atoms with Gasteiger partial charge in [0.2, 0.25) is 0 Å². The van der Waals surface area contributed by atoms with Crippen molar-refractivity contribution in [1.29, 1.82) is 0 Å². The van der Waals surface area contributed by atoms with E-state index in [4.69, 9.17) is 6.42 Å². The first-order valence-electron chi connectivity index (χ1n) is 3.45. The molecule has 0 aromatic heterocycles. The number of hydrogen-bond donors (Lipinski definition) is 0. The predicted molar refractivity (Wildman–Crippen MR) is 55.4 cm³/mol. The Kier molecular flexibility index (Phi) is 2.72. The molecule has 0 bridgehead atoms. The van der Waals surface area contributed by atoms with Gasteiger partial charge < -0.3 is 0 Å². The Hall–Kier alpha value is 0.210. The maximum atomic E-state index is 11.1. The van der Waals surface area contributed by atoms with Gasteiger partial charge in [0.05, 0.1) is 5.41 Å². The van der Waals surface area contributed by atoms with E-state index in [1.165, 1.54) is 0 Å². The lowest BCUT2D eigenvalue weighted by Crippen LogP contribution is -2.33. The third-order valence-electron chi connectivity index (χ3n) is 1.99. The number of terminal acetylenes is 1. The first-order chi connectivity index (χ1) is 5.40. The summed E-state index contributed by atoms with van der Waals surface area (Å²) < 4.78 is 22.2. The van der Waals surface area contributed by atoms with Gasteiger partial charge in [0.25, 0.3) is 7.90 Å². The number of rotatable bonds is 0. The molecule has 2 nitrogen and oxygen atoms in total. The van der Waals surface area contributed by atoms with Crippen LogP contribution in [0.4, 0.5) is 0 Å².